The van der Waals surface area contributed by atoms with Crippen molar-refractivity contribution in [1.29, 1.82) is 0 Å². The van der Waals surface area contributed by atoms with E-state index in [2.05, 4.69) is 12.6 Å². The van der Waals surface area contributed by atoms with Crippen LogP contribution in [0, 0.1) is 0 Å². The molecule has 0 aromatic carbocycles. The Morgan fingerprint density at radius 2 is 2.12 bits per heavy atom. The van der Waals surface area contributed by atoms with Crippen molar-refractivity contribution < 1.29 is 9.53 Å². The van der Waals surface area contributed by atoms with E-state index in [1.165, 1.54) is 6.08 Å². The van der Waals surface area contributed by atoms with E-state index in [9.17, 15) is 4.79 Å². The van der Waals surface area contributed by atoms with Gasteiger partial charge in [0, 0.05) is 11.6 Å². The first kappa shape index (κ1) is 11.4. The number of aryl methyl sites for hydroxylation is 1. The van der Waals surface area contributed by atoms with Crippen molar-refractivity contribution in [1.82, 2.24) is 0 Å². The van der Waals surface area contributed by atoms with Crippen molar-refractivity contribution in [3.63, 3.8) is 0 Å². The maximum absolute atomic E-state index is 11.3. The molecule has 0 N–H and O–H groups in total. The normalized spacial score (nSPS) is 10.2. The van der Waals surface area contributed by atoms with Gasteiger partial charge in [-0.15, -0.1) is 0 Å². The number of rotatable bonds is 3. The number of hydrogen-bond acceptors (Lipinski definition) is 2. The van der Waals surface area contributed by atoms with Crippen LogP contribution in [0.2, 0.25) is 0 Å². The lowest BCUT2D eigenvalue weighted by Crippen LogP contribution is -2.04. The quantitative estimate of drug-likeness (QED) is 0.592. The summed E-state index contributed by atoms with van der Waals surface area (Å²) < 4.78 is 5.32. The standard InChI is InChI=1S/C15H14O2/c1-3-11-10-12-8-6-5-7-9-13(12)15(11)17-14(16)4-2/h4-10H,2-3H2,1H3. The van der Waals surface area contributed by atoms with Crippen LogP contribution in [0.15, 0.2) is 49.1 Å². The van der Waals surface area contributed by atoms with Gasteiger partial charge in [0.25, 0.3) is 0 Å². The molecule has 0 saturated carbocycles. The summed E-state index contributed by atoms with van der Waals surface area (Å²) in [5, 5.41) is 0. The van der Waals surface area contributed by atoms with Crippen molar-refractivity contribution >= 4 is 5.97 Å². The monoisotopic (exact) mass is 226 g/mol. The highest BCUT2D eigenvalue weighted by Gasteiger charge is 2.16. The SMILES string of the molecule is C=CC(=O)Oc1c(CC)cc2cccccc1-2. The fourth-order valence-electron chi connectivity index (χ4n) is 1.85. The van der Waals surface area contributed by atoms with Crippen LogP contribution in [-0.2, 0) is 11.2 Å². The number of ether oxygens (including phenoxy) is 1. The number of carbonyl (C=O) groups excluding carboxylic acids is 1. The molecule has 0 atom stereocenters. The summed E-state index contributed by atoms with van der Waals surface area (Å²) in [5.74, 6) is 0.238. The second kappa shape index (κ2) is 4.83. The molecule has 0 saturated heterocycles. The van der Waals surface area contributed by atoms with E-state index in [0.717, 1.165) is 23.1 Å². The van der Waals surface area contributed by atoms with E-state index in [0.29, 0.717) is 5.75 Å². The third-order valence-corrected chi connectivity index (χ3v) is 2.69. The Bertz CT molecular complexity index is 529. The summed E-state index contributed by atoms with van der Waals surface area (Å²) in [6, 6.07) is 11.9. The zero-order valence-electron chi connectivity index (χ0n) is 9.77. The summed E-state index contributed by atoms with van der Waals surface area (Å²) in [4.78, 5) is 11.3. The second-order valence-electron chi connectivity index (χ2n) is 3.76. The summed E-state index contributed by atoms with van der Waals surface area (Å²) in [6.45, 7) is 5.46. The van der Waals surface area contributed by atoms with Gasteiger partial charge in [0.2, 0.25) is 0 Å². The van der Waals surface area contributed by atoms with E-state index < -0.39 is 5.97 Å². The van der Waals surface area contributed by atoms with E-state index in [1.54, 1.807) is 0 Å². The summed E-state index contributed by atoms with van der Waals surface area (Å²) >= 11 is 0. The van der Waals surface area contributed by atoms with Gasteiger partial charge >= 0.3 is 5.97 Å². The summed E-state index contributed by atoms with van der Waals surface area (Å²) in [6.07, 6.45) is 2.01. The molecule has 0 spiro atoms. The molecule has 0 amide bonds. The van der Waals surface area contributed by atoms with Crippen molar-refractivity contribution in [3.05, 3.63) is 54.6 Å². The first-order valence-corrected chi connectivity index (χ1v) is 5.61. The van der Waals surface area contributed by atoms with Crippen LogP contribution < -0.4 is 4.74 Å². The molecule has 0 heterocycles. The van der Waals surface area contributed by atoms with Crippen molar-refractivity contribution in [2.75, 3.05) is 0 Å². The maximum Gasteiger partial charge on any atom is 0.335 e. The molecular weight excluding hydrogens is 212 g/mol. The average Bonchev–Trinajstić information content (AvgIpc) is 2.53. The minimum atomic E-state index is -0.418. The van der Waals surface area contributed by atoms with Crippen LogP contribution in [0.5, 0.6) is 5.75 Å². The first-order chi connectivity index (χ1) is 8.26. The van der Waals surface area contributed by atoms with Gasteiger partial charge in [-0.25, -0.2) is 4.79 Å². The molecule has 2 nitrogen and oxygen atoms in total. The first-order valence-electron chi connectivity index (χ1n) is 5.61. The molecule has 2 heteroatoms. The molecule has 2 rings (SSSR count). The lowest BCUT2D eigenvalue weighted by atomic mass is 10.2. The van der Waals surface area contributed by atoms with Crippen molar-refractivity contribution in [2.45, 2.75) is 13.3 Å². The van der Waals surface area contributed by atoms with Crippen LogP contribution in [0.3, 0.4) is 0 Å². The lowest BCUT2D eigenvalue weighted by molar-refractivity contribution is -0.128. The Kier molecular flexibility index (Phi) is 3.24. The molecule has 2 aliphatic carbocycles. The predicted octanol–water partition coefficient (Wildman–Crippen LogP) is 3.45. The largest absolute Gasteiger partial charge is 0.422 e. The van der Waals surface area contributed by atoms with Crippen LogP contribution >= 0.6 is 0 Å². The molecule has 0 aliphatic heterocycles. The molecule has 86 valence electrons. The zero-order chi connectivity index (χ0) is 12.3. The third-order valence-electron chi connectivity index (χ3n) is 2.69. The maximum atomic E-state index is 11.3. The van der Waals surface area contributed by atoms with Gasteiger partial charge in [0.05, 0.1) is 0 Å². The number of hydrogen-bond donors (Lipinski definition) is 0. The highest BCUT2D eigenvalue weighted by molar-refractivity contribution is 5.87. The Labute approximate surface area is 101 Å². The van der Waals surface area contributed by atoms with Gasteiger partial charge in [0.15, 0.2) is 0 Å². The van der Waals surface area contributed by atoms with E-state index >= 15 is 0 Å². The van der Waals surface area contributed by atoms with E-state index in [4.69, 9.17) is 4.74 Å². The topological polar surface area (TPSA) is 26.3 Å². The van der Waals surface area contributed by atoms with Crippen molar-refractivity contribution in [3.8, 4) is 16.9 Å². The second-order valence-corrected chi connectivity index (χ2v) is 3.76. The minimum absolute atomic E-state index is 0.418. The Morgan fingerprint density at radius 3 is 2.82 bits per heavy atom. The average molecular weight is 226 g/mol. The molecule has 0 radical (unpaired) electrons. The number of carbonyl (C=O) groups is 1. The van der Waals surface area contributed by atoms with Gasteiger partial charge in [-0.1, -0.05) is 43.8 Å². The third kappa shape index (κ3) is 2.21. The van der Waals surface area contributed by atoms with Gasteiger partial charge in [0.1, 0.15) is 5.75 Å². The number of fused-ring (bicyclic) bond motifs is 1. The molecule has 17 heavy (non-hydrogen) atoms. The van der Waals surface area contributed by atoms with Gasteiger partial charge < -0.3 is 4.74 Å². The molecular formula is C15H14O2. The summed E-state index contributed by atoms with van der Waals surface area (Å²) in [7, 11) is 0. The molecule has 0 aromatic heterocycles. The Morgan fingerprint density at radius 1 is 1.35 bits per heavy atom. The minimum Gasteiger partial charge on any atom is -0.422 e. The molecule has 2 aliphatic rings. The fourth-order valence-corrected chi connectivity index (χ4v) is 1.85. The highest BCUT2D eigenvalue weighted by atomic mass is 16.5. The van der Waals surface area contributed by atoms with Crippen LogP contribution in [0.4, 0.5) is 0 Å². The van der Waals surface area contributed by atoms with Crippen LogP contribution in [0.25, 0.3) is 11.1 Å². The number of esters is 1. The summed E-state index contributed by atoms with van der Waals surface area (Å²) in [5.41, 5.74) is 3.09. The van der Waals surface area contributed by atoms with Crippen LogP contribution in [-0.4, -0.2) is 5.97 Å². The lowest BCUT2D eigenvalue weighted by Gasteiger charge is -2.04. The predicted molar refractivity (Wildman–Crippen MR) is 68.3 cm³/mol. The Hall–Kier alpha value is -2.09. The van der Waals surface area contributed by atoms with Crippen LogP contribution in [0.1, 0.15) is 12.5 Å². The Balaban J connectivity index is 2.54. The fraction of sp³-hybridized carbons (Fsp3) is 0.133. The van der Waals surface area contributed by atoms with Gasteiger partial charge in [-0.3, -0.25) is 0 Å². The molecule has 0 fully saturated rings. The molecule has 0 aromatic rings. The van der Waals surface area contributed by atoms with E-state index in [1.807, 2.05) is 37.3 Å². The smallest absolute Gasteiger partial charge is 0.335 e. The van der Waals surface area contributed by atoms with Crippen molar-refractivity contribution in [2.24, 2.45) is 0 Å². The van der Waals surface area contributed by atoms with E-state index in [-0.39, 0.29) is 0 Å². The van der Waals surface area contributed by atoms with Gasteiger partial charge in [-0.05, 0) is 23.6 Å². The molecule has 0 bridgehead atoms. The van der Waals surface area contributed by atoms with Gasteiger partial charge in [-0.2, -0.15) is 0 Å². The molecule has 0 unspecified atom stereocenters. The zero-order valence-corrected chi connectivity index (χ0v) is 9.77. The highest BCUT2D eigenvalue weighted by Crippen LogP contribution is 2.38.